The Labute approximate surface area is 103 Å². The molecule has 0 unspecified atom stereocenters. The summed E-state index contributed by atoms with van der Waals surface area (Å²) in [6.45, 7) is 2.12. The number of rotatable bonds is 2. The van der Waals surface area contributed by atoms with Gasteiger partial charge in [0, 0.05) is 11.7 Å². The van der Waals surface area contributed by atoms with Crippen LogP contribution in [0.4, 0.5) is 4.79 Å². The van der Waals surface area contributed by atoms with Gasteiger partial charge in [0.15, 0.2) is 0 Å². The SMILES string of the molecule is CC1=CC=C(NC(=O)NC2CCCCC2)CC1. The molecule has 0 aromatic carbocycles. The van der Waals surface area contributed by atoms with Crippen molar-refractivity contribution in [1.82, 2.24) is 10.6 Å². The average molecular weight is 234 g/mol. The molecule has 0 aromatic rings. The van der Waals surface area contributed by atoms with Gasteiger partial charge in [0.25, 0.3) is 0 Å². The van der Waals surface area contributed by atoms with Gasteiger partial charge in [-0.15, -0.1) is 0 Å². The first-order valence-electron chi connectivity index (χ1n) is 6.68. The first kappa shape index (κ1) is 12.2. The van der Waals surface area contributed by atoms with E-state index in [2.05, 4.69) is 23.6 Å². The van der Waals surface area contributed by atoms with Gasteiger partial charge in [-0.2, -0.15) is 0 Å². The maximum atomic E-state index is 11.8. The lowest BCUT2D eigenvalue weighted by Gasteiger charge is -2.23. The number of amides is 2. The Morgan fingerprint density at radius 2 is 1.94 bits per heavy atom. The van der Waals surface area contributed by atoms with Crippen LogP contribution in [0.2, 0.25) is 0 Å². The van der Waals surface area contributed by atoms with E-state index in [9.17, 15) is 4.79 Å². The average Bonchev–Trinajstić information content (AvgIpc) is 2.33. The first-order chi connectivity index (χ1) is 8.24. The highest BCUT2D eigenvalue weighted by Gasteiger charge is 2.16. The molecule has 3 heteroatoms. The summed E-state index contributed by atoms with van der Waals surface area (Å²) in [6, 6.07) is 0.348. The molecule has 0 heterocycles. The monoisotopic (exact) mass is 234 g/mol. The minimum atomic E-state index is -0.0314. The third-order valence-corrected chi connectivity index (χ3v) is 3.57. The van der Waals surface area contributed by atoms with E-state index >= 15 is 0 Å². The number of allylic oxidation sites excluding steroid dienone is 4. The fourth-order valence-electron chi connectivity index (χ4n) is 2.46. The summed E-state index contributed by atoms with van der Waals surface area (Å²) < 4.78 is 0. The Balaban J connectivity index is 1.77. The predicted molar refractivity (Wildman–Crippen MR) is 69.6 cm³/mol. The standard InChI is InChI=1S/C14H22N2O/c1-11-7-9-13(10-8-11)16-14(17)15-12-5-3-2-4-6-12/h7,9,12H,2-6,8,10H2,1H3,(H2,15,16,17). The van der Waals surface area contributed by atoms with Crippen LogP contribution in [0.1, 0.15) is 51.9 Å². The second-order valence-corrected chi connectivity index (χ2v) is 5.14. The predicted octanol–water partition coefficient (Wildman–Crippen LogP) is 3.24. The van der Waals surface area contributed by atoms with Gasteiger partial charge in [-0.3, -0.25) is 0 Å². The Kier molecular flexibility index (Phi) is 4.24. The van der Waals surface area contributed by atoms with E-state index in [0.717, 1.165) is 31.4 Å². The summed E-state index contributed by atoms with van der Waals surface area (Å²) in [5.74, 6) is 0. The fraction of sp³-hybridized carbons (Fsp3) is 0.643. The summed E-state index contributed by atoms with van der Waals surface area (Å²) in [5, 5.41) is 6.02. The maximum Gasteiger partial charge on any atom is 0.319 e. The molecule has 2 aliphatic rings. The molecule has 2 N–H and O–H groups in total. The third-order valence-electron chi connectivity index (χ3n) is 3.57. The number of urea groups is 1. The van der Waals surface area contributed by atoms with E-state index in [-0.39, 0.29) is 6.03 Å². The zero-order valence-corrected chi connectivity index (χ0v) is 10.6. The van der Waals surface area contributed by atoms with Gasteiger partial charge >= 0.3 is 6.03 Å². The number of carbonyl (C=O) groups excluding carboxylic acids is 1. The number of hydrogen-bond donors (Lipinski definition) is 2. The second-order valence-electron chi connectivity index (χ2n) is 5.14. The minimum absolute atomic E-state index is 0.0314. The van der Waals surface area contributed by atoms with Crippen LogP contribution in [0, 0.1) is 0 Å². The quantitative estimate of drug-likeness (QED) is 0.756. The molecule has 0 bridgehead atoms. The lowest BCUT2D eigenvalue weighted by molar-refractivity contribution is 0.235. The highest BCUT2D eigenvalue weighted by atomic mass is 16.2. The molecule has 0 radical (unpaired) electrons. The van der Waals surface area contributed by atoms with Gasteiger partial charge in [0.05, 0.1) is 0 Å². The van der Waals surface area contributed by atoms with Gasteiger partial charge in [0.1, 0.15) is 0 Å². The van der Waals surface area contributed by atoms with Crippen LogP contribution in [0.3, 0.4) is 0 Å². The van der Waals surface area contributed by atoms with Gasteiger partial charge < -0.3 is 10.6 Å². The van der Waals surface area contributed by atoms with Crippen molar-refractivity contribution in [2.45, 2.75) is 57.9 Å². The molecule has 0 saturated heterocycles. The van der Waals surface area contributed by atoms with E-state index in [1.54, 1.807) is 0 Å². The van der Waals surface area contributed by atoms with E-state index < -0.39 is 0 Å². The van der Waals surface area contributed by atoms with Crippen molar-refractivity contribution in [2.24, 2.45) is 0 Å². The smallest absolute Gasteiger partial charge is 0.319 e. The summed E-state index contributed by atoms with van der Waals surface area (Å²) in [7, 11) is 0. The van der Waals surface area contributed by atoms with Crippen LogP contribution in [-0.2, 0) is 0 Å². The molecule has 1 fully saturated rings. The Morgan fingerprint density at radius 1 is 1.18 bits per heavy atom. The van der Waals surface area contributed by atoms with E-state index in [0.29, 0.717) is 6.04 Å². The largest absolute Gasteiger partial charge is 0.335 e. The lowest BCUT2D eigenvalue weighted by atomic mass is 9.96. The van der Waals surface area contributed by atoms with Crippen LogP contribution in [0.25, 0.3) is 0 Å². The van der Waals surface area contributed by atoms with Crippen LogP contribution in [0.5, 0.6) is 0 Å². The van der Waals surface area contributed by atoms with Crippen molar-refractivity contribution < 1.29 is 4.79 Å². The highest BCUT2D eigenvalue weighted by Crippen LogP contribution is 2.18. The molecule has 0 spiro atoms. The van der Waals surface area contributed by atoms with Gasteiger partial charge in [-0.25, -0.2) is 4.79 Å². The fourth-order valence-corrected chi connectivity index (χ4v) is 2.46. The van der Waals surface area contributed by atoms with Gasteiger partial charge in [-0.05, 0) is 38.7 Å². The molecule has 1 saturated carbocycles. The number of nitrogens with one attached hydrogen (secondary N) is 2. The Hall–Kier alpha value is -1.25. The minimum Gasteiger partial charge on any atom is -0.335 e. The first-order valence-corrected chi connectivity index (χ1v) is 6.68. The molecule has 2 aliphatic carbocycles. The molecular formula is C14H22N2O. The molecule has 2 rings (SSSR count). The molecule has 17 heavy (non-hydrogen) atoms. The molecule has 94 valence electrons. The lowest BCUT2D eigenvalue weighted by Crippen LogP contribution is -2.42. The summed E-state index contributed by atoms with van der Waals surface area (Å²) >= 11 is 0. The second kappa shape index (κ2) is 5.89. The van der Waals surface area contributed by atoms with Crippen LogP contribution in [0.15, 0.2) is 23.4 Å². The molecular weight excluding hydrogens is 212 g/mol. The van der Waals surface area contributed by atoms with Crippen molar-refractivity contribution in [3.8, 4) is 0 Å². The van der Waals surface area contributed by atoms with Crippen molar-refractivity contribution in [3.05, 3.63) is 23.4 Å². The van der Waals surface area contributed by atoms with Crippen LogP contribution >= 0.6 is 0 Å². The van der Waals surface area contributed by atoms with Gasteiger partial charge in [0.2, 0.25) is 0 Å². The van der Waals surface area contributed by atoms with Crippen molar-refractivity contribution in [1.29, 1.82) is 0 Å². The summed E-state index contributed by atoms with van der Waals surface area (Å²) in [4.78, 5) is 11.8. The Bertz CT molecular complexity index is 338. The molecule has 0 aromatic heterocycles. The number of carbonyl (C=O) groups is 1. The van der Waals surface area contributed by atoms with Crippen molar-refractivity contribution >= 4 is 6.03 Å². The maximum absolute atomic E-state index is 11.8. The zero-order chi connectivity index (χ0) is 12.1. The molecule has 3 nitrogen and oxygen atoms in total. The highest BCUT2D eigenvalue weighted by molar-refractivity contribution is 5.76. The zero-order valence-electron chi connectivity index (χ0n) is 10.6. The normalized spacial score (nSPS) is 21.5. The molecule has 2 amide bonds. The van der Waals surface area contributed by atoms with Crippen molar-refractivity contribution in [2.75, 3.05) is 0 Å². The van der Waals surface area contributed by atoms with Crippen molar-refractivity contribution in [3.63, 3.8) is 0 Å². The van der Waals surface area contributed by atoms with Gasteiger partial charge in [-0.1, -0.05) is 30.9 Å². The Morgan fingerprint density at radius 3 is 2.59 bits per heavy atom. The van der Waals surface area contributed by atoms with E-state index in [4.69, 9.17) is 0 Å². The third kappa shape index (κ3) is 3.91. The summed E-state index contributed by atoms with van der Waals surface area (Å²) in [6.07, 6.45) is 12.2. The summed E-state index contributed by atoms with van der Waals surface area (Å²) in [5.41, 5.74) is 2.41. The van der Waals surface area contributed by atoms with Crippen LogP contribution in [-0.4, -0.2) is 12.1 Å². The van der Waals surface area contributed by atoms with E-state index in [1.165, 1.54) is 24.8 Å². The number of hydrogen-bond acceptors (Lipinski definition) is 1. The van der Waals surface area contributed by atoms with Crippen LogP contribution < -0.4 is 10.6 Å². The molecule has 0 atom stereocenters. The molecule has 0 aliphatic heterocycles. The van der Waals surface area contributed by atoms with E-state index in [1.807, 2.05) is 6.08 Å². The topological polar surface area (TPSA) is 41.1 Å².